The molecule has 92 valence electrons. The van der Waals surface area contributed by atoms with Crippen LogP contribution in [0.25, 0.3) is 0 Å². The lowest BCUT2D eigenvalue weighted by atomic mass is 10.2. The first-order valence-corrected chi connectivity index (χ1v) is 4.79. The Morgan fingerprint density at radius 3 is 2.53 bits per heavy atom. The largest absolute Gasteiger partial charge is 0.497 e. The number of amides is 1. The molecule has 5 nitrogen and oxygen atoms in total. The summed E-state index contributed by atoms with van der Waals surface area (Å²) in [5, 5.41) is 0. The first kappa shape index (κ1) is 13.0. The van der Waals surface area contributed by atoms with Crippen LogP contribution < -0.4 is 10.5 Å². The predicted molar refractivity (Wildman–Crippen MR) is 57.0 cm³/mol. The number of ether oxygens (including phenoxy) is 2. The Morgan fingerprint density at radius 2 is 2.06 bits per heavy atom. The van der Waals surface area contributed by atoms with Crippen molar-refractivity contribution < 1.29 is 23.5 Å². The van der Waals surface area contributed by atoms with Gasteiger partial charge in [0.25, 0.3) is 5.91 Å². The molecule has 1 aromatic rings. The van der Waals surface area contributed by atoms with Gasteiger partial charge in [-0.3, -0.25) is 4.79 Å². The van der Waals surface area contributed by atoms with Crippen LogP contribution in [0, 0.1) is 5.82 Å². The monoisotopic (exact) mass is 241 g/mol. The van der Waals surface area contributed by atoms with Crippen LogP contribution in [0.3, 0.4) is 0 Å². The quantitative estimate of drug-likeness (QED) is 0.793. The SMILES string of the molecule is COc1ccc(C(=O)O[C@@H](C)C(N)=O)c(F)c1. The second kappa shape index (κ2) is 5.29. The summed E-state index contributed by atoms with van der Waals surface area (Å²) < 4.78 is 22.9. The van der Waals surface area contributed by atoms with Crippen LogP contribution in [0.15, 0.2) is 18.2 Å². The van der Waals surface area contributed by atoms with Crippen molar-refractivity contribution >= 4 is 11.9 Å². The predicted octanol–water partition coefficient (Wildman–Crippen LogP) is 0.865. The zero-order chi connectivity index (χ0) is 13.0. The number of carbonyl (C=O) groups excluding carboxylic acids is 2. The Hall–Kier alpha value is -2.11. The van der Waals surface area contributed by atoms with Crippen LogP contribution in [0.5, 0.6) is 5.75 Å². The molecular weight excluding hydrogens is 229 g/mol. The molecule has 1 aromatic carbocycles. The minimum atomic E-state index is -1.11. The number of methoxy groups -OCH3 is 1. The van der Waals surface area contributed by atoms with E-state index in [4.69, 9.17) is 10.5 Å². The van der Waals surface area contributed by atoms with E-state index in [1.54, 1.807) is 0 Å². The maximum absolute atomic E-state index is 13.4. The molecular formula is C11H12FNO4. The van der Waals surface area contributed by atoms with E-state index in [1.165, 1.54) is 26.2 Å². The first-order valence-electron chi connectivity index (χ1n) is 4.79. The number of esters is 1. The molecule has 0 saturated heterocycles. The van der Waals surface area contributed by atoms with Gasteiger partial charge < -0.3 is 15.2 Å². The number of hydrogen-bond acceptors (Lipinski definition) is 4. The van der Waals surface area contributed by atoms with E-state index in [2.05, 4.69) is 4.74 Å². The van der Waals surface area contributed by atoms with Gasteiger partial charge in [0.05, 0.1) is 12.7 Å². The third kappa shape index (κ3) is 3.17. The van der Waals surface area contributed by atoms with Crippen LogP contribution in [-0.4, -0.2) is 25.1 Å². The summed E-state index contributed by atoms with van der Waals surface area (Å²) >= 11 is 0. The van der Waals surface area contributed by atoms with Crippen LogP contribution >= 0.6 is 0 Å². The van der Waals surface area contributed by atoms with Gasteiger partial charge in [0.1, 0.15) is 11.6 Å². The van der Waals surface area contributed by atoms with Crippen molar-refractivity contribution in [2.24, 2.45) is 5.73 Å². The summed E-state index contributed by atoms with van der Waals surface area (Å²) in [6.07, 6.45) is -1.11. The number of halogens is 1. The van der Waals surface area contributed by atoms with Gasteiger partial charge in [-0.15, -0.1) is 0 Å². The average Bonchev–Trinajstić information content (AvgIpc) is 2.28. The van der Waals surface area contributed by atoms with E-state index in [0.717, 1.165) is 6.07 Å². The Balaban J connectivity index is 2.86. The fourth-order valence-electron chi connectivity index (χ4n) is 1.07. The summed E-state index contributed by atoms with van der Waals surface area (Å²) in [5.74, 6) is -2.25. The highest BCUT2D eigenvalue weighted by Crippen LogP contribution is 2.17. The maximum Gasteiger partial charge on any atom is 0.341 e. The maximum atomic E-state index is 13.4. The zero-order valence-corrected chi connectivity index (χ0v) is 9.40. The Bertz CT molecular complexity index is 447. The molecule has 6 heteroatoms. The fourth-order valence-corrected chi connectivity index (χ4v) is 1.07. The van der Waals surface area contributed by atoms with Gasteiger partial charge in [0.15, 0.2) is 6.10 Å². The van der Waals surface area contributed by atoms with Crippen molar-refractivity contribution in [3.63, 3.8) is 0 Å². The molecule has 2 N–H and O–H groups in total. The summed E-state index contributed by atoms with van der Waals surface area (Å²) in [7, 11) is 1.38. The van der Waals surface area contributed by atoms with Crippen LogP contribution in [0.2, 0.25) is 0 Å². The van der Waals surface area contributed by atoms with E-state index in [1.807, 2.05) is 0 Å². The van der Waals surface area contributed by atoms with Crippen molar-refractivity contribution in [3.8, 4) is 5.75 Å². The number of hydrogen-bond donors (Lipinski definition) is 1. The molecule has 0 aliphatic carbocycles. The van der Waals surface area contributed by atoms with Gasteiger partial charge in [-0.1, -0.05) is 0 Å². The molecule has 1 amide bonds. The highest BCUT2D eigenvalue weighted by molar-refractivity contribution is 5.92. The third-order valence-electron chi connectivity index (χ3n) is 2.08. The molecule has 0 bridgehead atoms. The highest BCUT2D eigenvalue weighted by Gasteiger charge is 2.19. The second-order valence-electron chi connectivity index (χ2n) is 3.30. The highest BCUT2D eigenvalue weighted by atomic mass is 19.1. The van der Waals surface area contributed by atoms with Crippen molar-refractivity contribution in [1.29, 1.82) is 0 Å². The van der Waals surface area contributed by atoms with E-state index < -0.39 is 23.8 Å². The van der Waals surface area contributed by atoms with Crippen molar-refractivity contribution in [2.75, 3.05) is 7.11 Å². The van der Waals surface area contributed by atoms with Crippen LogP contribution in [-0.2, 0) is 9.53 Å². The van der Waals surface area contributed by atoms with E-state index in [-0.39, 0.29) is 11.3 Å². The lowest BCUT2D eigenvalue weighted by molar-refractivity contribution is -0.125. The van der Waals surface area contributed by atoms with Crippen molar-refractivity contribution in [1.82, 2.24) is 0 Å². The first-order chi connectivity index (χ1) is 7.95. The van der Waals surface area contributed by atoms with Gasteiger partial charge in [-0.2, -0.15) is 0 Å². The Morgan fingerprint density at radius 1 is 1.41 bits per heavy atom. The summed E-state index contributed by atoms with van der Waals surface area (Å²) in [5.41, 5.74) is 4.64. The number of nitrogens with two attached hydrogens (primary N) is 1. The molecule has 0 aliphatic heterocycles. The number of primary amides is 1. The number of benzene rings is 1. The minimum Gasteiger partial charge on any atom is -0.497 e. The normalized spacial score (nSPS) is 11.7. The van der Waals surface area contributed by atoms with Crippen molar-refractivity contribution in [2.45, 2.75) is 13.0 Å². The molecule has 0 radical (unpaired) electrons. The summed E-state index contributed by atoms with van der Waals surface area (Å²) in [4.78, 5) is 22.2. The van der Waals surface area contributed by atoms with E-state index in [9.17, 15) is 14.0 Å². The Labute approximate surface area is 97.3 Å². The summed E-state index contributed by atoms with van der Waals surface area (Å²) in [6, 6.07) is 3.67. The lowest BCUT2D eigenvalue weighted by Gasteiger charge is -2.10. The van der Waals surface area contributed by atoms with Crippen molar-refractivity contribution in [3.05, 3.63) is 29.6 Å². The average molecular weight is 241 g/mol. The lowest BCUT2D eigenvalue weighted by Crippen LogP contribution is -2.30. The molecule has 17 heavy (non-hydrogen) atoms. The molecule has 0 unspecified atom stereocenters. The van der Waals surface area contributed by atoms with Gasteiger partial charge >= 0.3 is 5.97 Å². The van der Waals surface area contributed by atoms with Gasteiger partial charge in [-0.05, 0) is 19.1 Å². The molecule has 1 rings (SSSR count). The van der Waals surface area contributed by atoms with E-state index in [0.29, 0.717) is 0 Å². The van der Waals surface area contributed by atoms with Crippen LogP contribution in [0.4, 0.5) is 4.39 Å². The fraction of sp³-hybridized carbons (Fsp3) is 0.273. The zero-order valence-electron chi connectivity index (χ0n) is 9.40. The molecule has 0 heterocycles. The molecule has 0 aromatic heterocycles. The van der Waals surface area contributed by atoms with Gasteiger partial charge in [0.2, 0.25) is 0 Å². The second-order valence-corrected chi connectivity index (χ2v) is 3.30. The Kier molecular flexibility index (Phi) is 4.03. The molecule has 1 atom stereocenters. The summed E-state index contributed by atoms with van der Waals surface area (Å²) in [6.45, 7) is 1.31. The number of carbonyl (C=O) groups is 2. The molecule has 0 saturated carbocycles. The van der Waals surface area contributed by atoms with E-state index >= 15 is 0 Å². The van der Waals surface area contributed by atoms with Gasteiger partial charge in [-0.25, -0.2) is 9.18 Å². The smallest absolute Gasteiger partial charge is 0.341 e. The molecule has 0 aliphatic rings. The standard InChI is InChI=1S/C11H12FNO4/c1-6(10(13)14)17-11(15)8-4-3-7(16-2)5-9(8)12/h3-6H,1-2H3,(H2,13,14)/t6-/m0/s1. The molecule has 0 spiro atoms. The van der Waals surface area contributed by atoms with Gasteiger partial charge in [0, 0.05) is 6.07 Å². The van der Waals surface area contributed by atoms with Crippen LogP contribution in [0.1, 0.15) is 17.3 Å². The topological polar surface area (TPSA) is 78.6 Å². The molecule has 0 fully saturated rings. The minimum absolute atomic E-state index is 0.279. The number of rotatable bonds is 4. The third-order valence-corrected chi connectivity index (χ3v) is 2.08.